The number of aromatic nitrogens is 1. The van der Waals surface area contributed by atoms with Gasteiger partial charge in [-0.1, -0.05) is 0 Å². The molecule has 0 amide bonds. The van der Waals surface area contributed by atoms with Crippen molar-refractivity contribution >= 4 is 16.6 Å². The Kier molecular flexibility index (Phi) is 3.99. The van der Waals surface area contributed by atoms with Crippen LogP contribution in [0.1, 0.15) is 0 Å². The van der Waals surface area contributed by atoms with Gasteiger partial charge in [0, 0.05) is 24.2 Å². The van der Waals surface area contributed by atoms with Crippen LogP contribution in [-0.4, -0.2) is 47.2 Å². The standard InChI is InChI=1S/C13H15N3O4/c1-15(2)7-8-20-11-5-6-14-12-9(11)3-4-10(13(12)17)16(18)19/h3-6,17H,7-8H2,1-2H3. The minimum absolute atomic E-state index is 0.168. The number of phenolic OH excluding ortho intramolecular Hbond substituents is 1. The molecule has 0 fully saturated rings. The summed E-state index contributed by atoms with van der Waals surface area (Å²) in [5.41, 5.74) is -0.197. The number of phenols is 1. The number of likely N-dealkylation sites (N-methyl/N-ethyl adjacent to an activating group) is 1. The molecular formula is C13H15N3O4. The van der Waals surface area contributed by atoms with E-state index in [4.69, 9.17) is 4.74 Å². The lowest BCUT2D eigenvalue weighted by Gasteiger charge is -2.12. The second kappa shape index (κ2) is 5.70. The highest BCUT2D eigenvalue weighted by Gasteiger charge is 2.18. The van der Waals surface area contributed by atoms with Crippen molar-refractivity contribution in [3.05, 3.63) is 34.5 Å². The average Bonchev–Trinajstić information content (AvgIpc) is 2.39. The van der Waals surface area contributed by atoms with Crippen molar-refractivity contribution in [2.24, 2.45) is 0 Å². The number of benzene rings is 1. The molecule has 0 atom stereocenters. The molecule has 0 spiro atoms. The van der Waals surface area contributed by atoms with Crippen molar-refractivity contribution in [3.63, 3.8) is 0 Å². The third-order valence-electron chi connectivity index (χ3n) is 2.82. The molecule has 0 unspecified atom stereocenters. The van der Waals surface area contributed by atoms with E-state index in [2.05, 4.69) is 4.98 Å². The molecule has 0 radical (unpaired) electrons. The van der Waals surface area contributed by atoms with E-state index in [1.165, 1.54) is 18.3 Å². The summed E-state index contributed by atoms with van der Waals surface area (Å²) in [6.45, 7) is 1.21. The number of aromatic hydroxyl groups is 1. The van der Waals surface area contributed by atoms with Gasteiger partial charge in [0.25, 0.3) is 0 Å². The van der Waals surface area contributed by atoms with Gasteiger partial charge in [0.1, 0.15) is 17.9 Å². The Morgan fingerprint density at radius 1 is 1.40 bits per heavy atom. The van der Waals surface area contributed by atoms with Gasteiger partial charge >= 0.3 is 5.69 Å². The van der Waals surface area contributed by atoms with Crippen LogP contribution in [0.15, 0.2) is 24.4 Å². The fourth-order valence-electron chi connectivity index (χ4n) is 1.78. The van der Waals surface area contributed by atoms with E-state index in [9.17, 15) is 15.2 Å². The van der Waals surface area contributed by atoms with Crippen LogP contribution in [0.2, 0.25) is 0 Å². The topological polar surface area (TPSA) is 88.7 Å². The number of hydrogen-bond donors (Lipinski definition) is 1. The Morgan fingerprint density at radius 2 is 2.15 bits per heavy atom. The summed E-state index contributed by atoms with van der Waals surface area (Å²) in [6, 6.07) is 4.45. The number of ether oxygens (including phenoxy) is 1. The SMILES string of the molecule is CN(C)CCOc1ccnc2c(O)c([N+](=O)[O-])ccc12. The molecule has 20 heavy (non-hydrogen) atoms. The van der Waals surface area contributed by atoms with E-state index in [-0.39, 0.29) is 11.2 Å². The summed E-state index contributed by atoms with van der Waals surface area (Å²) in [4.78, 5) is 16.1. The molecule has 7 heteroatoms. The van der Waals surface area contributed by atoms with Crippen molar-refractivity contribution in [1.29, 1.82) is 0 Å². The number of rotatable bonds is 5. The number of fused-ring (bicyclic) bond motifs is 1. The summed E-state index contributed by atoms with van der Waals surface area (Å²) >= 11 is 0. The normalized spacial score (nSPS) is 10.9. The molecule has 0 saturated heterocycles. The number of nitrogens with zero attached hydrogens (tertiary/aromatic N) is 3. The maximum atomic E-state index is 10.8. The molecular weight excluding hydrogens is 262 g/mol. The average molecular weight is 277 g/mol. The molecule has 0 aliphatic rings. The van der Waals surface area contributed by atoms with E-state index in [0.717, 1.165) is 6.54 Å². The molecule has 1 aromatic heterocycles. The van der Waals surface area contributed by atoms with Crippen molar-refractivity contribution in [2.45, 2.75) is 0 Å². The molecule has 1 heterocycles. The molecule has 0 aliphatic heterocycles. The first-order valence-corrected chi connectivity index (χ1v) is 6.03. The maximum Gasteiger partial charge on any atom is 0.313 e. The van der Waals surface area contributed by atoms with Gasteiger partial charge in [0.15, 0.2) is 0 Å². The molecule has 0 bridgehead atoms. The van der Waals surface area contributed by atoms with Crippen molar-refractivity contribution < 1.29 is 14.8 Å². The highest BCUT2D eigenvalue weighted by Crippen LogP contribution is 2.36. The fourth-order valence-corrected chi connectivity index (χ4v) is 1.78. The first kappa shape index (κ1) is 14.0. The van der Waals surface area contributed by atoms with Gasteiger partial charge in [-0.25, -0.2) is 0 Å². The Balaban J connectivity index is 2.38. The third-order valence-corrected chi connectivity index (χ3v) is 2.82. The quantitative estimate of drug-likeness (QED) is 0.662. The van der Waals surface area contributed by atoms with Gasteiger partial charge in [-0.05, 0) is 26.2 Å². The van der Waals surface area contributed by atoms with Gasteiger partial charge in [-0.2, -0.15) is 0 Å². The van der Waals surface area contributed by atoms with Crippen LogP contribution in [-0.2, 0) is 0 Å². The van der Waals surface area contributed by atoms with Gasteiger partial charge in [-0.3, -0.25) is 15.1 Å². The molecule has 106 valence electrons. The molecule has 0 saturated carbocycles. The number of nitro groups is 1. The molecule has 1 aromatic carbocycles. The van der Waals surface area contributed by atoms with Gasteiger partial charge in [0.2, 0.25) is 5.75 Å². The van der Waals surface area contributed by atoms with Crippen molar-refractivity contribution in [2.75, 3.05) is 27.2 Å². The van der Waals surface area contributed by atoms with Crippen molar-refractivity contribution in [1.82, 2.24) is 9.88 Å². The predicted molar refractivity (Wildman–Crippen MR) is 74.1 cm³/mol. The smallest absolute Gasteiger partial charge is 0.313 e. The van der Waals surface area contributed by atoms with Crippen LogP contribution in [0.5, 0.6) is 11.5 Å². The lowest BCUT2D eigenvalue weighted by molar-refractivity contribution is -0.385. The molecule has 0 aliphatic carbocycles. The molecule has 2 rings (SSSR count). The Bertz CT molecular complexity index is 643. The zero-order valence-corrected chi connectivity index (χ0v) is 11.2. The summed E-state index contributed by atoms with van der Waals surface area (Å²) in [7, 11) is 3.87. The van der Waals surface area contributed by atoms with E-state index >= 15 is 0 Å². The summed E-state index contributed by atoms with van der Waals surface area (Å²) in [5, 5.41) is 21.2. The fraction of sp³-hybridized carbons (Fsp3) is 0.308. The van der Waals surface area contributed by atoms with Crippen LogP contribution < -0.4 is 4.74 Å². The van der Waals surface area contributed by atoms with Crippen LogP contribution in [0.25, 0.3) is 10.9 Å². The first-order chi connectivity index (χ1) is 9.50. The lowest BCUT2D eigenvalue weighted by Crippen LogP contribution is -2.19. The Labute approximate surface area is 115 Å². The number of pyridine rings is 1. The largest absolute Gasteiger partial charge is 0.501 e. The van der Waals surface area contributed by atoms with E-state index in [1.54, 1.807) is 6.07 Å². The van der Waals surface area contributed by atoms with Gasteiger partial charge in [-0.15, -0.1) is 0 Å². The van der Waals surface area contributed by atoms with Gasteiger partial charge in [0.05, 0.1) is 4.92 Å². The van der Waals surface area contributed by atoms with E-state index < -0.39 is 10.7 Å². The van der Waals surface area contributed by atoms with Crippen LogP contribution >= 0.6 is 0 Å². The zero-order valence-electron chi connectivity index (χ0n) is 11.2. The highest BCUT2D eigenvalue weighted by atomic mass is 16.6. The summed E-state index contributed by atoms with van der Waals surface area (Å²) in [5.74, 6) is 0.104. The number of hydrogen-bond acceptors (Lipinski definition) is 6. The van der Waals surface area contributed by atoms with E-state index in [1.807, 2.05) is 19.0 Å². The highest BCUT2D eigenvalue weighted by molar-refractivity contribution is 5.92. The summed E-state index contributed by atoms with van der Waals surface area (Å²) < 4.78 is 5.62. The van der Waals surface area contributed by atoms with Crippen LogP contribution in [0, 0.1) is 10.1 Å². The first-order valence-electron chi connectivity index (χ1n) is 6.03. The Hall–Kier alpha value is -2.41. The maximum absolute atomic E-state index is 10.8. The molecule has 1 N–H and O–H groups in total. The van der Waals surface area contributed by atoms with Gasteiger partial charge < -0.3 is 14.7 Å². The summed E-state index contributed by atoms with van der Waals surface area (Å²) in [6.07, 6.45) is 1.46. The monoisotopic (exact) mass is 277 g/mol. The second-order valence-corrected chi connectivity index (χ2v) is 4.55. The minimum Gasteiger partial charge on any atom is -0.501 e. The third kappa shape index (κ3) is 2.77. The minimum atomic E-state index is -0.643. The number of nitro benzene ring substituents is 1. The molecule has 7 nitrogen and oxygen atoms in total. The van der Waals surface area contributed by atoms with Crippen LogP contribution in [0.3, 0.4) is 0 Å². The lowest BCUT2D eigenvalue weighted by atomic mass is 10.1. The molecule has 2 aromatic rings. The van der Waals surface area contributed by atoms with E-state index in [0.29, 0.717) is 17.7 Å². The Morgan fingerprint density at radius 3 is 2.80 bits per heavy atom. The predicted octanol–water partition coefficient (Wildman–Crippen LogP) is 1.79. The second-order valence-electron chi connectivity index (χ2n) is 4.55. The zero-order chi connectivity index (χ0) is 14.7. The van der Waals surface area contributed by atoms with Crippen molar-refractivity contribution in [3.8, 4) is 11.5 Å². The van der Waals surface area contributed by atoms with Crippen LogP contribution in [0.4, 0.5) is 5.69 Å².